The molecule has 0 heterocycles. The molecule has 0 unspecified atom stereocenters. The lowest BCUT2D eigenvalue weighted by Gasteiger charge is -2.56. The van der Waals surface area contributed by atoms with Crippen LogP contribution < -0.4 is 0 Å². The summed E-state index contributed by atoms with van der Waals surface area (Å²) in [4.78, 5) is 15.5. The Morgan fingerprint density at radius 1 is 1.04 bits per heavy atom. The maximum absolute atomic E-state index is 13.4. The number of nitrogens with zero attached hydrogens (tertiary/aromatic N) is 1. The van der Waals surface area contributed by atoms with Crippen LogP contribution in [0.2, 0.25) is 0 Å². The summed E-state index contributed by atoms with van der Waals surface area (Å²) < 4.78 is 0. The molecule has 1 aromatic rings. The third kappa shape index (κ3) is 2.81. The summed E-state index contributed by atoms with van der Waals surface area (Å²) in [5, 5.41) is 0. The largest absolute Gasteiger partial charge is 0.342 e. The second-order valence-electron chi connectivity index (χ2n) is 8.32. The number of amides is 1. The molecule has 1 aromatic carbocycles. The van der Waals surface area contributed by atoms with Crippen LogP contribution in [-0.2, 0) is 11.2 Å². The Balaban J connectivity index is 1.46. The molecule has 2 nitrogen and oxygen atoms in total. The maximum Gasteiger partial charge on any atom is 0.228 e. The maximum atomic E-state index is 13.4. The number of likely N-dealkylation sites (N-methyl/N-ethyl adjacent to an activating group) is 1. The first-order valence-corrected chi connectivity index (χ1v) is 9.52. The zero-order valence-electron chi connectivity index (χ0n) is 14.3. The van der Waals surface area contributed by atoms with Gasteiger partial charge in [-0.05, 0) is 75.2 Å². The molecular formula is C21H29NO. The van der Waals surface area contributed by atoms with E-state index in [1.807, 2.05) is 0 Å². The minimum Gasteiger partial charge on any atom is -0.342 e. The van der Waals surface area contributed by atoms with Crippen molar-refractivity contribution in [3.63, 3.8) is 0 Å². The fourth-order valence-electron chi connectivity index (χ4n) is 6.02. The van der Waals surface area contributed by atoms with Crippen LogP contribution in [0.1, 0.15) is 51.0 Å². The van der Waals surface area contributed by atoms with Crippen LogP contribution >= 0.6 is 0 Å². The second-order valence-corrected chi connectivity index (χ2v) is 8.32. The van der Waals surface area contributed by atoms with Gasteiger partial charge in [-0.2, -0.15) is 0 Å². The zero-order valence-corrected chi connectivity index (χ0v) is 14.3. The number of carbonyl (C=O) groups excluding carboxylic acids is 1. The Labute approximate surface area is 140 Å². The molecule has 5 rings (SSSR count). The number of hydrogen-bond acceptors (Lipinski definition) is 1. The van der Waals surface area contributed by atoms with Gasteiger partial charge >= 0.3 is 0 Å². The number of hydrogen-bond donors (Lipinski definition) is 0. The van der Waals surface area contributed by atoms with Gasteiger partial charge in [0.05, 0.1) is 5.41 Å². The van der Waals surface area contributed by atoms with Crippen molar-refractivity contribution in [1.29, 1.82) is 0 Å². The Bertz CT molecular complexity index is 529. The summed E-state index contributed by atoms with van der Waals surface area (Å²) in [6, 6.07) is 10.6. The van der Waals surface area contributed by atoms with Crippen LogP contribution in [0.3, 0.4) is 0 Å². The van der Waals surface area contributed by atoms with Gasteiger partial charge in [-0.15, -0.1) is 0 Å². The van der Waals surface area contributed by atoms with E-state index in [9.17, 15) is 4.79 Å². The van der Waals surface area contributed by atoms with Gasteiger partial charge in [0.1, 0.15) is 0 Å². The van der Waals surface area contributed by atoms with Crippen LogP contribution in [0.25, 0.3) is 0 Å². The van der Waals surface area contributed by atoms with Gasteiger partial charge < -0.3 is 4.90 Å². The van der Waals surface area contributed by atoms with Crippen molar-refractivity contribution < 1.29 is 4.79 Å². The molecule has 4 fully saturated rings. The summed E-state index contributed by atoms with van der Waals surface area (Å²) in [6.45, 7) is 3.87. The summed E-state index contributed by atoms with van der Waals surface area (Å²) in [5.74, 6) is 3.02. The first-order chi connectivity index (χ1) is 11.2. The molecule has 0 atom stereocenters. The van der Waals surface area contributed by atoms with Crippen molar-refractivity contribution in [2.45, 2.75) is 51.9 Å². The van der Waals surface area contributed by atoms with Crippen molar-refractivity contribution in [3.05, 3.63) is 35.9 Å². The highest BCUT2D eigenvalue weighted by Crippen LogP contribution is 2.60. The van der Waals surface area contributed by atoms with Crippen LogP contribution in [-0.4, -0.2) is 23.9 Å². The van der Waals surface area contributed by atoms with Crippen LogP contribution in [0.5, 0.6) is 0 Å². The van der Waals surface area contributed by atoms with Crippen molar-refractivity contribution >= 4 is 5.91 Å². The molecule has 23 heavy (non-hydrogen) atoms. The highest BCUT2D eigenvalue weighted by atomic mass is 16.2. The minimum atomic E-state index is 0.0153. The second kappa shape index (κ2) is 5.96. The van der Waals surface area contributed by atoms with Crippen molar-refractivity contribution in [2.24, 2.45) is 23.2 Å². The fraction of sp³-hybridized carbons (Fsp3) is 0.667. The van der Waals surface area contributed by atoms with Crippen molar-refractivity contribution in [2.75, 3.05) is 13.1 Å². The van der Waals surface area contributed by atoms with E-state index in [4.69, 9.17) is 0 Å². The predicted molar refractivity (Wildman–Crippen MR) is 93.0 cm³/mol. The Morgan fingerprint density at radius 3 is 2.13 bits per heavy atom. The van der Waals surface area contributed by atoms with Gasteiger partial charge in [0, 0.05) is 13.1 Å². The van der Waals surface area contributed by atoms with Crippen molar-refractivity contribution in [3.8, 4) is 0 Å². The molecule has 4 aliphatic rings. The molecule has 0 N–H and O–H groups in total. The van der Waals surface area contributed by atoms with Gasteiger partial charge in [-0.1, -0.05) is 30.3 Å². The lowest BCUT2D eigenvalue weighted by Crippen LogP contribution is -2.54. The average Bonchev–Trinajstić information content (AvgIpc) is 2.55. The Hall–Kier alpha value is -1.31. The summed E-state index contributed by atoms with van der Waals surface area (Å²) in [5.41, 5.74) is 1.35. The van der Waals surface area contributed by atoms with Gasteiger partial charge in [0.25, 0.3) is 0 Å². The van der Waals surface area contributed by atoms with E-state index in [2.05, 4.69) is 42.2 Å². The molecular weight excluding hydrogens is 282 g/mol. The number of benzene rings is 1. The first-order valence-electron chi connectivity index (χ1n) is 9.52. The molecule has 4 saturated carbocycles. The molecule has 4 aliphatic carbocycles. The smallest absolute Gasteiger partial charge is 0.228 e. The molecule has 124 valence electrons. The molecule has 2 heteroatoms. The molecule has 0 radical (unpaired) electrons. The predicted octanol–water partition coefficient (Wildman–Crippen LogP) is 4.29. The molecule has 0 aromatic heterocycles. The molecule has 0 spiro atoms. The van der Waals surface area contributed by atoms with Crippen LogP contribution in [0.15, 0.2) is 30.3 Å². The molecule has 0 aliphatic heterocycles. The van der Waals surface area contributed by atoms with Gasteiger partial charge in [0.2, 0.25) is 5.91 Å². The van der Waals surface area contributed by atoms with E-state index < -0.39 is 0 Å². The molecule has 4 bridgehead atoms. The zero-order chi connectivity index (χ0) is 15.9. The van der Waals surface area contributed by atoms with E-state index in [1.54, 1.807) is 0 Å². The summed E-state index contributed by atoms with van der Waals surface area (Å²) in [7, 11) is 0. The van der Waals surface area contributed by atoms with Crippen LogP contribution in [0.4, 0.5) is 0 Å². The van der Waals surface area contributed by atoms with Crippen molar-refractivity contribution in [1.82, 2.24) is 4.90 Å². The highest BCUT2D eigenvalue weighted by Gasteiger charge is 2.55. The minimum absolute atomic E-state index is 0.0153. The van der Waals surface area contributed by atoms with E-state index in [1.165, 1.54) is 44.1 Å². The normalized spacial score (nSPS) is 34.6. The number of carbonyl (C=O) groups is 1. The van der Waals surface area contributed by atoms with Gasteiger partial charge in [-0.25, -0.2) is 0 Å². The first kappa shape index (κ1) is 15.2. The topological polar surface area (TPSA) is 20.3 Å². The average molecular weight is 311 g/mol. The summed E-state index contributed by atoms with van der Waals surface area (Å²) in [6.07, 6.45) is 8.74. The molecule has 0 saturated heterocycles. The standard InChI is InChI=1S/C21H29NO/c1-2-22(9-8-16-6-4-3-5-7-16)20(23)21-13-17-10-18(14-21)12-19(11-17)15-21/h3-7,17-19H,2,8-15H2,1H3. The van der Waals surface area contributed by atoms with E-state index in [0.29, 0.717) is 5.91 Å². The Morgan fingerprint density at radius 2 is 1.61 bits per heavy atom. The van der Waals surface area contributed by atoms with Gasteiger partial charge in [0.15, 0.2) is 0 Å². The van der Waals surface area contributed by atoms with E-state index in [0.717, 1.165) is 37.3 Å². The van der Waals surface area contributed by atoms with E-state index >= 15 is 0 Å². The van der Waals surface area contributed by atoms with Gasteiger partial charge in [-0.3, -0.25) is 4.79 Å². The monoisotopic (exact) mass is 311 g/mol. The Kier molecular flexibility index (Phi) is 3.95. The lowest BCUT2D eigenvalue weighted by atomic mass is 9.49. The van der Waals surface area contributed by atoms with E-state index in [-0.39, 0.29) is 5.41 Å². The fourth-order valence-corrected chi connectivity index (χ4v) is 6.02. The SMILES string of the molecule is CCN(CCc1ccccc1)C(=O)C12CC3CC(CC(C3)C1)C2. The third-order valence-electron chi connectivity index (χ3n) is 6.67. The number of rotatable bonds is 5. The third-order valence-corrected chi connectivity index (χ3v) is 6.67. The summed E-state index contributed by atoms with van der Waals surface area (Å²) >= 11 is 0. The van der Waals surface area contributed by atoms with Crippen LogP contribution in [0, 0.1) is 23.2 Å². The lowest BCUT2D eigenvalue weighted by molar-refractivity contribution is -0.157. The quantitative estimate of drug-likeness (QED) is 0.794. The highest BCUT2D eigenvalue weighted by molar-refractivity contribution is 5.83. The molecule has 1 amide bonds.